The first-order valence-corrected chi connectivity index (χ1v) is 3.95. The second-order valence-corrected chi connectivity index (χ2v) is 2.97. The first-order chi connectivity index (χ1) is 5.90. The molecule has 0 atom stereocenters. The molecule has 0 aliphatic heterocycles. The van der Waals surface area contributed by atoms with E-state index in [0.29, 0.717) is 0 Å². The maximum absolute atomic E-state index is 11.8. The van der Waals surface area contributed by atoms with E-state index in [1.807, 2.05) is 0 Å². The number of alkyl halides is 3. The average Bonchev–Trinajstić information content (AvgIpc) is 2.29. The minimum absolute atomic E-state index is 0.0455. The molecule has 1 aromatic rings. The van der Waals surface area contributed by atoms with Crippen LogP contribution in [0.5, 0.6) is 0 Å². The molecule has 0 amide bonds. The Bertz CT molecular complexity index is 288. The van der Waals surface area contributed by atoms with Gasteiger partial charge in [0.25, 0.3) is 0 Å². The molecule has 0 unspecified atom stereocenters. The highest BCUT2D eigenvalue weighted by molar-refractivity contribution is 5.08. The summed E-state index contributed by atoms with van der Waals surface area (Å²) < 4.78 is 37.1. The van der Waals surface area contributed by atoms with Crippen LogP contribution in [0.15, 0.2) is 6.33 Å². The summed E-state index contributed by atoms with van der Waals surface area (Å²) in [7, 11) is 0. The van der Waals surface area contributed by atoms with Crippen LogP contribution >= 0.6 is 0 Å². The molecule has 0 radical (unpaired) electrons. The molecule has 0 N–H and O–H groups in total. The van der Waals surface area contributed by atoms with E-state index >= 15 is 0 Å². The third-order valence-corrected chi connectivity index (χ3v) is 1.98. The Labute approximate surface area is 74.4 Å². The van der Waals surface area contributed by atoms with Crippen LogP contribution in [0.4, 0.5) is 13.2 Å². The highest BCUT2D eigenvalue weighted by Crippen LogP contribution is 2.20. The summed E-state index contributed by atoms with van der Waals surface area (Å²) in [5.74, 6) is 0. The lowest BCUT2D eigenvalue weighted by atomic mass is 10.3. The SMILES string of the molecule is Cc1ncn(CCC(F)(F)F)c1C. The van der Waals surface area contributed by atoms with Crippen molar-refractivity contribution in [2.75, 3.05) is 0 Å². The summed E-state index contributed by atoms with van der Waals surface area (Å²) in [6.45, 7) is 3.49. The van der Waals surface area contributed by atoms with Gasteiger partial charge in [0.05, 0.1) is 18.4 Å². The van der Waals surface area contributed by atoms with E-state index in [1.54, 1.807) is 13.8 Å². The average molecular weight is 192 g/mol. The molecule has 0 aliphatic carbocycles. The number of rotatable bonds is 2. The van der Waals surface area contributed by atoms with Gasteiger partial charge >= 0.3 is 6.18 Å². The van der Waals surface area contributed by atoms with E-state index in [2.05, 4.69) is 4.98 Å². The molecular weight excluding hydrogens is 181 g/mol. The van der Waals surface area contributed by atoms with Gasteiger partial charge in [-0.25, -0.2) is 4.98 Å². The fourth-order valence-electron chi connectivity index (χ4n) is 1.02. The molecule has 0 spiro atoms. The Morgan fingerprint density at radius 2 is 2.00 bits per heavy atom. The zero-order valence-electron chi connectivity index (χ0n) is 7.52. The molecule has 0 aliphatic rings. The maximum Gasteiger partial charge on any atom is 0.390 e. The van der Waals surface area contributed by atoms with E-state index in [1.165, 1.54) is 10.9 Å². The lowest BCUT2D eigenvalue weighted by Crippen LogP contribution is -2.12. The summed E-state index contributed by atoms with van der Waals surface area (Å²) in [4.78, 5) is 3.91. The third kappa shape index (κ3) is 2.75. The van der Waals surface area contributed by atoms with Crippen LogP contribution in [0.1, 0.15) is 17.8 Å². The molecule has 2 nitrogen and oxygen atoms in total. The second-order valence-electron chi connectivity index (χ2n) is 2.97. The standard InChI is InChI=1S/C8H11F3N2/c1-6-7(2)13(5-12-6)4-3-8(9,10)11/h5H,3-4H2,1-2H3. The minimum atomic E-state index is -4.09. The largest absolute Gasteiger partial charge is 0.390 e. The Morgan fingerprint density at radius 1 is 1.38 bits per heavy atom. The number of aromatic nitrogens is 2. The van der Waals surface area contributed by atoms with Crippen molar-refractivity contribution in [3.63, 3.8) is 0 Å². The quantitative estimate of drug-likeness (QED) is 0.703. The number of halogens is 3. The number of hydrogen-bond acceptors (Lipinski definition) is 1. The summed E-state index contributed by atoms with van der Waals surface area (Å²) in [5, 5.41) is 0. The molecule has 0 fully saturated rings. The molecule has 0 saturated carbocycles. The van der Waals surface area contributed by atoms with E-state index < -0.39 is 12.6 Å². The van der Waals surface area contributed by atoms with Crippen LogP contribution in [0.3, 0.4) is 0 Å². The fraction of sp³-hybridized carbons (Fsp3) is 0.625. The van der Waals surface area contributed by atoms with Crippen LogP contribution in [0.2, 0.25) is 0 Å². The van der Waals surface area contributed by atoms with Crippen LogP contribution in [0, 0.1) is 13.8 Å². The monoisotopic (exact) mass is 192 g/mol. The predicted molar refractivity (Wildman–Crippen MR) is 42.4 cm³/mol. The van der Waals surface area contributed by atoms with Crippen LogP contribution in [-0.4, -0.2) is 15.7 Å². The Balaban J connectivity index is 2.60. The van der Waals surface area contributed by atoms with Gasteiger partial charge in [0.2, 0.25) is 0 Å². The van der Waals surface area contributed by atoms with Crippen molar-refractivity contribution in [2.24, 2.45) is 0 Å². The molecule has 1 aromatic heterocycles. The third-order valence-electron chi connectivity index (χ3n) is 1.98. The number of aryl methyl sites for hydroxylation is 2. The van der Waals surface area contributed by atoms with Crippen molar-refractivity contribution in [3.8, 4) is 0 Å². The predicted octanol–water partition coefficient (Wildman–Crippen LogP) is 2.45. The molecule has 13 heavy (non-hydrogen) atoms. The molecular formula is C8H11F3N2. The van der Waals surface area contributed by atoms with Crippen molar-refractivity contribution >= 4 is 0 Å². The van der Waals surface area contributed by atoms with Crippen LogP contribution < -0.4 is 0 Å². The Kier molecular flexibility index (Phi) is 2.63. The smallest absolute Gasteiger partial charge is 0.334 e. The Morgan fingerprint density at radius 3 is 2.38 bits per heavy atom. The number of imidazole rings is 1. The van der Waals surface area contributed by atoms with Crippen molar-refractivity contribution in [1.29, 1.82) is 0 Å². The van der Waals surface area contributed by atoms with Crippen molar-refractivity contribution in [3.05, 3.63) is 17.7 Å². The molecule has 1 heterocycles. The fourth-order valence-corrected chi connectivity index (χ4v) is 1.02. The topological polar surface area (TPSA) is 17.8 Å². The number of hydrogen-bond donors (Lipinski definition) is 0. The summed E-state index contributed by atoms with van der Waals surface area (Å²) in [6.07, 6.45) is -3.45. The van der Waals surface area contributed by atoms with Gasteiger partial charge in [0.15, 0.2) is 0 Å². The van der Waals surface area contributed by atoms with Gasteiger partial charge in [-0.15, -0.1) is 0 Å². The van der Waals surface area contributed by atoms with Crippen LogP contribution in [0.25, 0.3) is 0 Å². The summed E-state index contributed by atoms with van der Waals surface area (Å²) >= 11 is 0. The van der Waals surface area contributed by atoms with Gasteiger partial charge in [-0.1, -0.05) is 0 Å². The zero-order chi connectivity index (χ0) is 10.1. The van der Waals surface area contributed by atoms with Gasteiger partial charge in [0, 0.05) is 12.2 Å². The second kappa shape index (κ2) is 3.40. The van der Waals surface area contributed by atoms with E-state index in [4.69, 9.17) is 0 Å². The van der Waals surface area contributed by atoms with Gasteiger partial charge in [-0.2, -0.15) is 13.2 Å². The van der Waals surface area contributed by atoms with E-state index in [9.17, 15) is 13.2 Å². The van der Waals surface area contributed by atoms with Gasteiger partial charge < -0.3 is 4.57 Å². The molecule has 0 aromatic carbocycles. The molecule has 5 heteroatoms. The molecule has 0 bridgehead atoms. The molecule has 1 rings (SSSR count). The van der Waals surface area contributed by atoms with Gasteiger partial charge in [-0.05, 0) is 13.8 Å². The minimum Gasteiger partial charge on any atom is -0.334 e. The highest BCUT2D eigenvalue weighted by atomic mass is 19.4. The van der Waals surface area contributed by atoms with Crippen molar-refractivity contribution < 1.29 is 13.2 Å². The number of nitrogens with zero attached hydrogens (tertiary/aromatic N) is 2. The lowest BCUT2D eigenvalue weighted by Gasteiger charge is -2.08. The van der Waals surface area contributed by atoms with Gasteiger partial charge in [0.1, 0.15) is 0 Å². The van der Waals surface area contributed by atoms with Crippen LogP contribution in [-0.2, 0) is 6.54 Å². The maximum atomic E-state index is 11.8. The summed E-state index contributed by atoms with van der Waals surface area (Å²) in [5.41, 5.74) is 1.58. The van der Waals surface area contributed by atoms with Gasteiger partial charge in [-0.3, -0.25) is 0 Å². The highest BCUT2D eigenvalue weighted by Gasteiger charge is 2.26. The van der Waals surface area contributed by atoms with Crippen molar-refractivity contribution in [1.82, 2.24) is 9.55 Å². The first kappa shape index (κ1) is 10.1. The Hall–Kier alpha value is -1.00. The first-order valence-electron chi connectivity index (χ1n) is 3.95. The molecule has 0 saturated heterocycles. The van der Waals surface area contributed by atoms with E-state index in [0.717, 1.165) is 11.4 Å². The lowest BCUT2D eigenvalue weighted by molar-refractivity contribution is -0.136. The summed E-state index contributed by atoms with van der Waals surface area (Å²) in [6, 6.07) is 0. The van der Waals surface area contributed by atoms with E-state index in [-0.39, 0.29) is 6.54 Å². The molecule has 74 valence electrons. The van der Waals surface area contributed by atoms with Crippen molar-refractivity contribution in [2.45, 2.75) is 33.0 Å². The zero-order valence-corrected chi connectivity index (χ0v) is 7.52. The normalized spacial score (nSPS) is 12.1.